The molecule has 0 radical (unpaired) electrons. The third-order valence-electron chi connectivity index (χ3n) is 7.27. The second kappa shape index (κ2) is 11.2. The van der Waals surface area contributed by atoms with Gasteiger partial charge in [-0.2, -0.15) is 8.78 Å². The quantitative estimate of drug-likeness (QED) is 0.284. The van der Waals surface area contributed by atoms with Gasteiger partial charge in [0, 0.05) is 0 Å². The number of hydrogen-bond donors (Lipinski definition) is 0. The van der Waals surface area contributed by atoms with E-state index >= 15 is 0 Å². The normalized spacial score (nSPS) is 27.2. The van der Waals surface area contributed by atoms with Crippen LogP contribution in [0, 0.1) is 29.4 Å². The maximum atomic E-state index is 14.0. The molecular weight excluding hydrogens is 392 g/mol. The summed E-state index contributed by atoms with van der Waals surface area (Å²) in [6, 6.07) is 2.33. The average Bonchev–Trinajstić information content (AvgIpc) is 2.74. The fraction of sp³-hybridized carbons (Fsp3) is 0.680. The summed E-state index contributed by atoms with van der Waals surface area (Å²) in [5.41, 5.74) is 0.558. The molecule has 0 atom stereocenters. The summed E-state index contributed by atoms with van der Waals surface area (Å²) in [5, 5.41) is 0. The van der Waals surface area contributed by atoms with Gasteiger partial charge < -0.3 is 4.74 Å². The van der Waals surface area contributed by atoms with Crippen molar-refractivity contribution in [3.8, 4) is 5.75 Å². The van der Waals surface area contributed by atoms with E-state index in [9.17, 15) is 17.6 Å². The lowest BCUT2D eigenvalue weighted by Crippen LogP contribution is -2.18. The largest absolute Gasteiger partial charge is 0.429 e. The maximum absolute atomic E-state index is 14.0. The molecule has 1 aromatic rings. The molecule has 168 valence electrons. The third-order valence-corrected chi connectivity index (χ3v) is 7.27. The Balaban J connectivity index is 1.42. The highest BCUT2D eigenvalue weighted by atomic mass is 19.3. The van der Waals surface area contributed by atoms with Crippen LogP contribution in [0.1, 0.15) is 88.5 Å². The summed E-state index contributed by atoms with van der Waals surface area (Å²) in [6.45, 7) is 0.580. The lowest BCUT2D eigenvalue weighted by Gasteiger charge is -2.32. The first-order chi connectivity index (χ1) is 14.5. The van der Waals surface area contributed by atoms with E-state index in [-0.39, 0.29) is 5.92 Å². The van der Waals surface area contributed by atoms with Crippen molar-refractivity contribution in [2.24, 2.45) is 17.8 Å². The van der Waals surface area contributed by atoms with Crippen LogP contribution in [0.5, 0.6) is 5.75 Å². The lowest BCUT2D eigenvalue weighted by atomic mass is 9.74. The van der Waals surface area contributed by atoms with Crippen molar-refractivity contribution in [3.63, 3.8) is 0 Å². The van der Waals surface area contributed by atoms with Crippen molar-refractivity contribution in [3.05, 3.63) is 42.0 Å². The molecule has 0 unspecified atom stereocenters. The fourth-order valence-corrected chi connectivity index (χ4v) is 5.44. The molecule has 0 aromatic heterocycles. The van der Waals surface area contributed by atoms with Crippen molar-refractivity contribution < 1.29 is 22.3 Å². The number of allylic oxidation sites excluding steroid dienone is 1. The standard InChI is InChI=1S/C25H34F4O/c1-2-3-4-17-5-7-18(8-6-17)9-10-19-11-13-20(14-12-19)21-15-22(26)24(23(27)16-21)30-25(28)29/h2,15-20,25H,1,3-14H2/t17-,18-,19-,20-. The second-order valence-corrected chi connectivity index (χ2v) is 9.24. The van der Waals surface area contributed by atoms with Gasteiger partial charge >= 0.3 is 6.61 Å². The highest BCUT2D eigenvalue weighted by Gasteiger charge is 2.27. The Labute approximate surface area is 177 Å². The first-order valence-electron chi connectivity index (χ1n) is 11.5. The van der Waals surface area contributed by atoms with Crippen molar-refractivity contribution in [2.75, 3.05) is 0 Å². The first kappa shape index (κ1) is 23.1. The van der Waals surface area contributed by atoms with Gasteiger partial charge in [-0.15, -0.1) is 6.58 Å². The monoisotopic (exact) mass is 426 g/mol. The van der Waals surface area contributed by atoms with E-state index in [1.165, 1.54) is 44.9 Å². The molecule has 1 nitrogen and oxygen atoms in total. The van der Waals surface area contributed by atoms with Crippen LogP contribution < -0.4 is 4.74 Å². The van der Waals surface area contributed by atoms with Crippen LogP contribution in [-0.2, 0) is 0 Å². The summed E-state index contributed by atoms with van der Waals surface area (Å²) >= 11 is 0. The molecule has 2 aliphatic carbocycles. The van der Waals surface area contributed by atoms with Gasteiger partial charge in [-0.25, -0.2) is 8.78 Å². The predicted molar refractivity (Wildman–Crippen MR) is 112 cm³/mol. The van der Waals surface area contributed by atoms with Gasteiger partial charge in [0.25, 0.3) is 0 Å². The molecule has 0 bridgehead atoms. The summed E-state index contributed by atoms with van der Waals surface area (Å²) in [6.07, 6.45) is 16.3. The molecular formula is C25H34F4O. The Morgan fingerprint density at radius 2 is 1.30 bits per heavy atom. The topological polar surface area (TPSA) is 9.23 Å². The first-order valence-corrected chi connectivity index (χ1v) is 11.5. The number of benzene rings is 1. The van der Waals surface area contributed by atoms with E-state index in [4.69, 9.17) is 0 Å². The molecule has 2 fully saturated rings. The highest BCUT2D eigenvalue weighted by molar-refractivity contribution is 5.33. The SMILES string of the molecule is C=CCC[C@H]1CC[C@H](CC[C@H]2CC[C@H](c3cc(F)c(OC(F)F)c(F)c3)CC2)CC1. The molecule has 3 rings (SSSR count). The fourth-order valence-electron chi connectivity index (χ4n) is 5.44. The van der Waals surface area contributed by atoms with E-state index < -0.39 is 24.0 Å². The van der Waals surface area contributed by atoms with Gasteiger partial charge in [0.15, 0.2) is 17.4 Å². The molecule has 0 saturated heterocycles. The van der Waals surface area contributed by atoms with Crippen LogP contribution in [0.3, 0.4) is 0 Å². The van der Waals surface area contributed by atoms with E-state index in [2.05, 4.69) is 11.3 Å². The molecule has 0 amide bonds. The third kappa shape index (κ3) is 6.49. The molecule has 2 saturated carbocycles. The maximum Gasteiger partial charge on any atom is 0.387 e. The number of halogens is 4. The predicted octanol–water partition coefficient (Wildman–Crippen LogP) is 8.39. The Morgan fingerprint density at radius 1 is 0.833 bits per heavy atom. The van der Waals surface area contributed by atoms with Crippen molar-refractivity contribution in [1.29, 1.82) is 0 Å². The molecule has 1 aromatic carbocycles. The minimum absolute atomic E-state index is 0.0890. The molecule has 5 heteroatoms. The minimum Gasteiger partial charge on any atom is -0.429 e. The number of ether oxygens (including phenoxy) is 1. The Bertz CT molecular complexity index is 651. The molecule has 0 spiro atoms. The van der Waals surface area contributed by atoms with E-state index in [0.29, 0.717) is 11.5 Å². The van der Waals surface area contributed by atoms with Gasteiger partial charge in [0.05, 0.1) is 0 Å². The summed E-state index contributed by atoms with van der Waals surface area (Å²) in [5.74, 6) is -0.558. The van der Waals surface area contributed by atoms with E-state index in [1.54, 1.807) is 0 Å². The van der Waals surface area contributed by atoms with Crippen molar-refractivity contribution in [1.82, 2.24) is 0 Å². The van der Waals surface area contributed by atoms with Crippen molar-refractivity contribution in [2.45, 2.75) is 89.6 Å². The van der Waals surface area contributed by atoms with Gasteiger partial charge in [-0.3, -0.25) is 0 Å². The molecule has 30 heavy (non-hydrogen) atoms. The zero-order valence-corrected chi connectivity index (χ0v) is 17.7. The van der Waals surface area contributed by atoms with Crippen LogP contribution in [0.2, 0.25) is 0 Å². The summed E-state index contributed by atoms with van der Waals surface area (Å²) in [7, 11) is 0. The Hall–Kier alpha value is -1.52. The smallest absolute Gasteiger partial charge is 0.387 e. The van der Waals surface area contributed by atoms with Gasteiger partial charge in [-0.1, -0.05) is 44.6 Å². The highest BCUT2D eigenvalue weighted by Crippen LogP contribution is 2.41. The van der Waals surface area contributed by atoms with Crippen LogP contribution in [0.4, 0.5) is 17.6 Å². The van der Waals surface area contributed by atoms with E-state index in [1.807, 2.05) is 6.08 Å². The minimum atomic E-state index is -3.24. The molecule has 0 aliphatic heterocycles. The Kier molecular flexibility index (Phi) is 8.64. The molecule has 0 heterocycles. The van der Waals surface area contributed by atoms with Crippen LogP contribution in [-0.4, -0.2) is 6.61 Å². The van der Waals surface area contributed by atoms with Gasteiger partial charge in [-0.05, 0) is 79.9 Å². The number of rotatable bonds is 9. The zero-order valence-electron chi connectivity index (χ0n) is 17.7. The second-order valence-electron chi connectivity index (χ2n) is 9.24. The lowest BCUT2D eigenvalue weighted by molar-refractivity contribution is -0.0546. The van der Waals surface area contributed by atoms with Crippen LogP contribution >= 0.6 is 0 Å². The molecule has 2 aliphatic rings. The summed E-state index contributed by atoms with van der Waals surface area (Å²) in [4.78, 5) is 0. The van der Waals surface area contributed by atoms with Gasteiger partial charge in [0.2, 0.25) is 0 Å². The van der Waals surface area contributed by atoms with Crippen LogP contribution in [0.25, 0.3) is 0 Å². The van der Waals surface area contributed by atoms with Gasteiger partial charge in [0.1, 0.15) is 0 Å². The number of hydrogen-bond acceptors (Lipinski definition) is 1. The van der Waals surface area contributed by atoms with Crippen LogP contribution in [0.15, 0.2) is 24.8 Å². The molecule has 0 N–H and O–H groups in total. The number of alkyl halides is 2. The van der Waals surface area contributed by atoms with Crippen molar-refractivity contribution >= 4 is 0 Å². The summed E-state index contributed by atoms with van der Waals surface area (Å²) < 4.78 is 56.6. The average molecular weight is 427 g/mol. The Morgan fingerprint density at radius 3 is 1.77 bits per heavy atom. The zero-order chi connectivity index (χ0) is 21.5. The van der Waals surface area contributed by atoms with E-state index in [0.717, 1.165) is 56.1 Å².